The van der Waals surface area contributed by atoms with Gasteiger partial charge in [-0.1, -0.05) is 30.3 Å². The van der Waals surface area contributed by atoms with E-state index in [0.29, 0.717) is 0 Å². The molecule has 0 unspecified atom stereocenters. The van der Waals surface area contributed by atoms with Gasteiger partial charge in [-0.3, -0.25) is 0 Å². The minimum absolute atomic E-state index is 1.06. The summed E-state index contributed by atoms with van der Waals surface area (Å²) in [6.07, 6.45) is 8.27. The molecule has 0 aliphatic carbocycles. The molecule has 1 fully saturated rings. The van der Waals surface area contributed by atoms with Gasteiger partial charge in [0.15, 0.2) is 0 Å². The highest BCUT2D eigenvalue weighted by Gasteiger charge is 2.10. The fourth-order valence-electron chi connectivity index (χ4n) is 3.08. The third-order valence-electron chi connectivity index (χ3n) is 4.34. The van der Waals surface area contributed by atoms with E-state index in [1.165, 1.54) is 48.3 Å². The van der Waals surface area contributed by atoms with E-state index in [4.69, 9.17) is 0 Å². The number of para-hydroxylation sites is 1. The van der Waals surface area contributed by atoms with Crippen LogP contribution < -0.4 is 4.90 Å². The topological polar surface area (TPSA) is 16.1 Å². The molecule has 3 heteroatoms. The van der Waals surface area contributed by atoms with Crippen LogP contribution in [0.3, 0.4) is 0 Å². The van der Waals surface area contributed by atoms with E-state index in [1.807, 2.05) is 6.07 Å². The van der Waals surface area contributed by atoms with Gasteiger partial charge >= 0.3 is 0 Å². The van der Waals surface area contributed by atoms with Crippen LogP contribution in [-0.4, -0.2) is 18.1 Å². The van der Waals surface area contributed by atoms with Crippen molar-refractivity contribution in [3.63, 3.8) is 0 Å². The SMILES string of the molecule is C(=Cc1nc2ccccc2s1)c1ccc(N2CCCCC2)cc1. The minimum Gasteiger partial charge on any atom is -0.372 e. The molecule has 0 radical (unpaired) electrons. The molecular formula is C20H20N2S. The Morgan fingerprint density at radius 3 is 2.43 bits per heavy atom. The van der Waals surface area contributed by atoms with Crippen molar-refractivity contribution in [1.29, 1.82) is 0 Å². The predicted molar refractivity (Wildman–Crippen MR) is 101 cm³/mol. The molecule has 23 heavy (non-hydrogen) atoms. The zero-order chi connectivity index (χ0) is 15.5. The highest BCUT2D eigenvalue weighted by Crippen LogP contribution is 2.24. The molecule has 1 aliphatic heterocycles. The molecule has 4 rings (SSSR count). The summed E-state index contributed by atoms with van der Waals surface area (Å²) >= 11 is 1.74. The van der Waals surface area contributed by atoms with E-state index in [1.54, 1.807) is 11.3 Å². The van der Waals surface area contributed by atoms with Crippen molar-refractivity contribution in [2.24, 2.45) is 0 Å². The standard InChI is InChI=1S/C20H20N2S/c1-4-14-22(15-5-1)17-11-8-16(9-12-17)10-13-20-21-18-6-2-3-7-19(18)23-20/h2-3,6-13H,1,4-5,14-15H2. The Labute approximate surface area is 141 Å². The number of rotatable bonds is 3. The molecule has 0 bridgehead atoms. The summed E-state index contributed by atoms with van der Waals surface area (Å²) in [6, 6.07) is 17.2. The lowest BCUT2D eigenvalue weighted by Gasteiger charge is -2.28. The number of fused-ring (bicyclic) bond motifs is 1. The van der Waals surface area contributed by atoms with Crippen LogP contribution in [0.15, 0.2) is 48.5 Å². The van der Waals surface area contributed by atoms with Gasteiger partial charge in [-0.2, -0.15) is 0 Å². The van der Waals surface area contributed by atoms with Gasteiger partial charge in [0, 0.05) is 18.8 Å². The van der Waals surface area contributed by atoms with Crippen LogP contribution in [0.4, 0.5) is 5.69 Å². The summed E-state index contributed by atoms with van der Waals surface area (Å²) in [6.45, 7) is 2.39. The van der Waals surface area contributed by atoms with Crippen molar-refractivity contribution in [3.8, 4) is 0 Å². The lowest BCUT2D eigenvalue weighted by atomic mass is 10.1. The number of aromatic nitrogens is 1. The zero-order valence-electron chi connectivity index (χ0n) is 13.1. The van der Waals surface area contributed by atoms with E-state index in [2.05, 4.69) is 64.5 Å². The lowest BCUT2D eigenvalue weighted by Crippen LogP contribution is -2.29. The Morgan fingerprint density at radius 1 is 0.870 bits per heavy atom. The highest BCUT2D eigenvalue weighted by molar-refractivity contribution is 7.19. The second kappa shape index (κ2) is 6.55. The maximum Gasteiger partial charge on any atom is 0.117 e. The van der Waals surface area contributed by atoms with Gasteiger partial charge in [0.05, 0.1) is 10.2 Å². The van der Waals surface area contributed by atoms with Crippen molar-refractivity contribution >= 4 is 39.4 Å². The van der Waals surface area contributed by atoms with Gasteiger partial charge in [-0.05, 0) is 55.2 Å². The van der Waals surface area contributed by atoms with Crippen molar-refractivity contribution in [2.45, 2.75) is 19.3 Å². The number of hydrogen-bond donors (Lipinski definition) is 0. The number of thiazole rings is 1. The Hall–Kier alpha value is -2.13. The molecule has 2 aromatic carbocycles. The predicted octanol–water partition coefficient (Wildman–Crippen LogP) is 5.46. The first-order valence-electron chi connectivity index (χ1n) is 8.27. The molecule has 0 amide bonds. The average molecular weight is 320 g/mol. The maximum atomic E-state index is 4.64. The van der Waals surface area contributed by atoms with Gasteiger partial charge in [0.1, 0.15) is 5.01 Å². The van der Waals surface area contributed by atoms with Crippen LogP contribution in [-0.2, 0) is 0 Å². The van der Waals surface area contributed by atoms with Gasteiger partial charge < -0.3 is 4.90 Å². The molecule has 0 atom stereocenters. The molecule has 1 aromatic heterocycles. The lowest BCUT2D eigenvalue weighted by molar-refractivity contribution is 0.578. The molecule has 0 saturated carbocycles. The number of nitrogens with zero attached hydrogens (tertiary/aromatic N) is 2. The number of piperidine rings is 1. The van der Waals surface area contributed by atoms with Crippen LogP contribution in [0.25, 0.3) is 22.4 Å². The summed E-state index contributed by atoms with van der Waals surface area (Å²) in [7, 11) is 0. The van der Waals surface area contributed by atoms with Crippen LogP contribution in [0.1, 0.15) is 29.8 Å². The molecule has 0 spiro atoms. The van der Waals surface area contributed by atoms with Crippen molar-refractivity contribution in [2.75, 3.05) is 18.0 Å². The zero-order valence-corrected chi connectivity index (χ0v) is 13.9. The number of hydrogen-bond acceptors (Lipinski definition) is 3. The van der Waals surface area contributed by atoms with Gasteiger partial charge in [0.25, 0.3) is 0 Å². The van der Waals surface area contributed by atoms with Crippen LogP contribution >= 0.6 is 11.3 Å². The fraction of sp³-hybridized carbons (Fsp3) is 0.250. The molecule has 0 N–H and O–H groups in total. The first-order valence-corrected chi connectivity index (χ1v) is 9.09. The Kier molecular flexibility index (Phi) is 4.12. The van der Waals surface area contributed by atoms with E-state index < -0.39 is 0 Å². The molecule has 3 aromatic rings. The maximum absolute atomic E-state index is 4.64. The fourth-order valence-corrected chi connectivity index (χ4v) is 3.95. The van der Waals surface area contributed by atoms with E-state index in [9.17, 15) is 0 Å². The molecule has 1 saturated heterocycles. The smallest absolute Gasteiger partial charge is 0.117 e. The summed E-state index contributed by atoms with van der Waals surface area (Å²) in [5.74, 6) is 0. The molecular weight excluding hydrogens is 300 g/mol. The first-order chi connectivity index (χ1) is 11.4. The Balaban J connectivity index is 1.49. The first kappa shape index (κ1) is 14.5. The third-order valence-corrected chi connectivity index (χ3v) is 5.34. The van der Waals surface area contributed by atoms with Crippen molar-refractivity contribution < 1.29 is 0 Å². The second-order valence-corrected chi connectivity index (χ2v) is 7.05. The third kappa shape index (κ3) is 3.30. The molecule has 1 aliphatic rings. The normalized spacial score (nSPS) is 15.6. The average Bonchev–Trinajstić information content (AvgIpc) is 3.04. The summed E-state index contributed by atoms with van der Waals surface area (Å²) in [5.41, 5.74) is 3.66. The van der Waals surface area contributed by atoms with Crippen LogP contribution in [0, 0.1) is 0 Å². The minimum atomic E-state index is 1.06. The summed E-state index contributed by atoms with van der Waals surface area (Å²) in [4.78, 5) is 7.13. The quantitative estimate of drug-likeness (QED) is 0.637. The van der Waals surface area contributed by atoms with Crippen LogP contribution in [0.5, 0.6) is 0 Å². The van der Waals surface area contributed by atoms with Crippen LogP contribution in [0.2, 0.25) is 0 Å². The second-order valence-electron chi connectivity index (χ2n) is 5.99. The molecule has 2 nitrogen and oxygen atoms in total. The molecule has 116 valence electrons. The van der Waals surface area contributed by atoms with Crippen molar-refractivity contribution in [1.82, 2.24) is 4.98 Å². The van der Waals surface area contributed by atoms with E-state index >= 15 is 0 Å². The van der Waals surface area contributed by atoms with E-state index in [-0.39, 0.29) is 0 Å². The highest BCUT2D eigenvalue weighted by atomic mass is 32.1. The van der Waals surface area contributed by atoms with Crippen molar-refractivity contribution in [3.05, 3.63) is 59.1 Å². The monoisotopic (exact) mass is 320 g/mol. The summed E-state index contributed by atoms with van der Waals surface area (Å²) < 4.78 is 1.24. The Morgan fingerprint density at radius 2 is 1.65 bits per heavy atom. The largest absolute Gasteiger partial charge is 0.372 e. The van der Waals surface area contributed by atoms with Gasteiger partial charge in [-0.25, -0.2) is 4.98 Å². The number of anilines is 1. The summed E-state index contributed by atoms with van der Waals surface area (Å²) in [5, 5.41) is 1.06. The van der Waals surface area contributed by atoms with E-state index in [0.717, 1.165) is 10.5 Å². The Bertz CT molecular complexity index is 778. The number of benzene rings is 2. The van der Waals surface area contributed by atoms with Gasteiger partial charge in [-0.15, -0.1) is 11.3 Å². The van der Waals surface area contributed by atoms with Gasteiger partial charge in [0.2, 0.25) is 0 Å². The molecule has 2 heterocycles.